The largest absolute Gasteiger partial charge is 0.336 e. The highest BCUT2D eigenvalue weighted by atomic mass is 32.1. The van der Waals surface area contributed by atoms with E-state index >= 15 is 0 Å². The van der Waals surface area contributed by atoms with E-state index in [0.29, 0.717) is 28.7 Å². The molecule has 0 saturated heterocycles. The summed E-state index contributed by atoms with van der Waals surface area (Å²) < 4.78 is 5.29. The van der Waals surface area contributed by atoms with Crippen LogP contribution in [0.2, 0.25) is 0 Å². The van der Waals surface area contributed by atoms with E-state index < -0.39 is 0 Å². The zero-order valence-electron chi connectivity index (χ0n) is 22.0. The summed E-state index contributed by atoms with van der Waals surface area (Å²) in [5.41, 5.74) is 6.41. The first-order chi connectivity index (χ1) is 20.2. The molecule has 0 amide bonds. The van der Waals surface area contributed by atoms with Gasteiger partial charge in [-0.25, -0.2) is 4.98 Å². The fraction of sp³-hybridized carbons (Fsp3) is 0.139. The molecule has 5 heteroatoms. The summed E-state index contributed by atoms with van der Waals surface area (Å²) in [4.78, 5) is 22.9. The standard InChI is InChI=1S/C36H23N3OS/c40-36-23-8-5-15-37-33(23)34-24(36)13-14-27(38-34)32-19-11-12-20(16-19)35(32)39-28-9-3-1-6-21(28)25-18-31-26(17-29(25)39)22-7-2-4-10-30(22)41-31/h1-15,17-20,32,35H,16H2. The fourth-order valence-electron chi connectivity index (χ4n) is 8.03. The summed E-state index contributed by atoms with van der Waals surface area (Å²) >= 11 is 1.88. The molecule has 10 rings (SSSR count). The van der Waals surface area contributed by atoms with Crippen molar-refractivity contribution >= 4 is 59.1 Å². The Labute approximate surface area is 239 Å². The van der Waals surface area contributed by atoms with E-state index in [2.05, 4.69) is 88.4 Å². The summed E-state index contributed by atoms with van der Waals surface area (Å²) in [6, 6.07) is 30.5. The maximum atomic E-state index is 13.1. The first-order valence-corrected chi connectivity index (χ1v) is 15.1. The number of hydrogen-bond acceptors (Lipinski definition) is 4. The Morgan fingerprint density at radius 1 is 0.707 bits per heavy atom. The number of allylic oxidation sites excluding steroid dienone is 2. The molecule has 3 aliphatic carbocycles. The van der Waals surface area contributed by atoms with Crippen LogP contribution in [0.5, 0.6) is 0 Å². The Morgan fingerprint density at radius 3 is 2.49 bits per heavy atom. The number of nitrogens with zero attached hydrogens (tertiary/aromatic N) is 3. The molecule has 3 aliphatic rings. The zero-order valence-corrected chi connectivity index (χ0v) is 22.8. The first-order valence-electron chi connectivity index (χ1n) is 14.3. The topological polar surface area (TPSA) is 47.8 Å². The van der Waals surface area contributed by atoms with Gasteiger partial charge in [0.25, 0.3) is 0 Å². The quantitative estimate of drug-likeness (QED) is 0.204. The van der Waals surface area contributed by atoms with E-state index in [1.807, 2.05) is 29.5 Å². The molecule has 2 bridgehead atoms. The first kappa shape index (κ1) is 22.1. The third kappa shape index (κ3) is 2.82. The summed E-state index contributed by atoms with van der Waals surface area (Å²) in [5.74, 6) is 1.09. The lowest BCUT2D eigenvalue weighted by molar-refractivity contribution is 0.104. The summed E-state index contributed by atoms with van der Waals surface area (Å²) in [6.45, 7) is 0. The Bertz CT molecular complexity index is 2310. The van der Waals surface area contributed by atoms with Crippen LogP contribution in [0.3, 0.4) is 0 Å². The number of pyridine rings is 2. The van der Waals surface area contributed by atoms with Crippen LogP contribution in [-0.4, -0.2) is 20.3 Å². The van der Waals surface area contributed by atoms with Crippen molar-refractivity contribution < 1.29 is 4.79 Å². The molecule has 4 unspecified atom stereocenters. The summed E-state index contributed by atoms with van der Waals surface area (Å²) in [6.07, 6.45) is 7.71. The summed E-state index contributed by atoms with van der Waals surface area (Å²) in [7, 11) is 0. The SMILES string of the molecule is O=C1c2cccnc2-c2nc(C3C4C=CC(C4)C3n3c4ccccc4c4cc5sc6ccccc6c5cc43)ccc21. The van der Waals surface area contributed by atoms with Crippen molar-refractivity contribution in [1.29, 1.82) is 0 Å². The minimum atomic E-state index is 0.0287. The number of ketones is 1. The van der Waals surface area contributed by atoms with Crippen molar-refractivity contribution in [3.05, 3.63) is 120 Å². The lowest BCUT2D eigenvalue weighted by atomic mass is 9.85. The van der Waals surface area contributed by atoms with E-state index in [0.717, 1.165) is 17.8 Å². The normalized spacial score (nSPS) is 22.5. The molecule has 3 aromatic carbocycles. The van der Waals surface area contributed by atoms with Gasteiger partial charge >= 0.3 is 0 Å². The molecule has 1 saturated carbocycles. The molecular formula is C36H23N3OS. The summed E-state index contributed by atoms with van der Waals surface area (Å²) in [5, 5.41) is 5.27. The highest BCUT2D eigenvalue weighted by Crippen LogP contribution is 2.57. The second-order valence-corrected chi connectivity index (χ2v) is 12.8. The Balaban J connectivity index is 1.23. The zero-order chi connectivity index (χ0) is 26.8. The van der Waals surface area contributed by atoms with Crippen LogP contribution in [0.4, 0.5) is 0 Å². The third-order valence-corrected chi connectivity index (χ3v) is 10.8. The number of rotatable bonds is 2. The Morgan fingerprint density at radius 2 is 1.54 bits per heavy atom. The third-order valence-electron chi connectivity index (χ3n) is 9.70. The molecule has 4 aromatic heterocycles. The molecule has 1 fully saturated rings. The van der Waals surface area contributed by atoms with Gasteiger partial charge in [-0.3, -0.25) is 9.78 Å². The van der Waals surface area contributed by atoms with Gasteiger partial charge < -0.3 is 4.57 Å². The molecule has 7 aromatic rings. The van der Waals surface area contributed by atoms with Crippen LogP contribution < -0.4 is 0 Å². The van der Waals surface area contributed by atoms with Crippen LogP contribution in [0.15, 0.2) is 103 Å². The van der Waals surface area contributed by atoms with Crippen molar-refractivity contribution in [2.45, 2.75) is 18.4 Å². The molecule has 4 atom stereocenters. The molecular weight excluding hydrogens is 522 g/mol. The van der Waals surface area contributed by atoms with E-state index in [-0.39, 0.29) is 17.7 Å². The second-order valence-electron chi connectivity index (χ2n) is 11.7. The highest BCUT2D eigenvalue weighted by Gasteiger charge is 2.48. The van der Waals surface area contributed by atoms with Crippen LogP contribution >= 0.6 is 11.3 Å². The number of benzene rings is 3. The minimum absolute atomic E-state index is 0.0287. The van der Waals surface area contributed by atoms with Gasteiger partial charge in [-0.2, -0.15) is 0 Å². The van der Waals surface area contributed by atoms with E-state index in [1.165, 1.54) is 42.0 Å². The van der Waals surface area contributed by atoms with Gasteiger partial charge in [0.15, 0.2) is 5.78 Å². The predicted octanol–water partition coefficient (Wildman–Crippen LogP) is 8.69. The van der Waals surface area contributed by atoms with Crippen LogP contribution in [-0.2, 0) is 0 Å². The average Bonchev–Trinajstić information content (AvgIpc) is 3.83. The predicted molar refractivity (Wildman–Crippen MR) is 166 cm³/mol. The van der Waals surface area contributed by atoms with Gasteiger partial charge in [0.2, 0.25) is 0 Å². The van der Waals surface area contributed by atoms with Gasteiger partial charge in [-0.05, 0) is 66.8 Å². The maximum absolute atomic E-state index is 13.1. The van der Waals surface area contributed by atoms with Gasteiger partial charge in [0.05, 0.1) is 16.6 Å². The Kier molecular flexibility index (Phi) is 4.19. The molecule has 4 heterocycles. The van der Waals surface area contributed by atoms with Gasteiger partial charge in [0, 0.05) is 60.3 Å². The Hall–Kier alpha value is -4.61. The van der Waals surface area contributed by atoms with Gasteiger partial charge in [-0.1, -0.05) is 48.6 Å². The van der Waals surface area contributed by atoms with Crippen LogP contribution in [0.1, 0.15) is 40.0 Å². The van der Waals surface area contributed by atoms with E-state index in [4.69, 9.17) is 4.98 Å². The number of aromatic nitrogens is 3. The second kappa shape index (κ2) is 7.77. The van der Waals surface area contributed by atoms with Crippen molar-refractivity contribution in [3.63, 3.8) is 0 Å². The van der Waals surface area contributed by atoms with Gasteiger partial charge in [-0.15, -0.1) is 11.3 Å². The van der Waals surface area contributed by atoms with Crippen LogP contribution in [0, 0.1) is 11.8 Å². The molecule has 0 N–H and O–H groups in total. The fourth-order valence-corrected chi connectivity index (χ4v) is 9.15. The molecule has 41 heavy (non-hydrogen) atoms. The van der Waals surface area contributed by atoms with Crippen LogP contribution in [0.25, 0.3) is 53.4 Å². The van der Waals surface area contributed by atoms with E-state index in [9.17, 15) is 4.79 Å². The molecule has 0 spiro atoms. The molecule has 0 aliphatic heterocycles. The number of carbonyl (C=O) groups excluding carboxylic acids is 1. The number of carbonyl (C=O) groups is 1. The van der Waals surface area contributed by atoms with Crippen molar-refractivity contribution in [3.8, 4) is 11.4 Å². The van der Waals surface area contributed by atoms with Gasteiger partial charge in [0.1, 0.15) is 11.4 Å². The van der Waals surface area contributed by atoms with E-state index in [1.54, 1.807) is 6.20 Å². The lowest BCUT2D eigenvalue weighted by Gasteiger charge is -2.31. The highest BCUT2D eigenvalue weighted by molar-refractivity contribution is 7.25. The number of thiophene rings is 1. The average molecular weight is 546 g/mol. The minimum Gasteiger partial charge on any atom is -0.336 e. The molecule has 4 nitrogen and oxygen atoms in total. The monoisotopic (exact) mass is 545 g/mol. The van der Waals surface area contributed by atoms with Crippen molar-refractivity contribution in [2.75, 3.05) is 0 Å². The molecule has 0 radical (unpaired) electrons. The van der Waals surface area contributed by atoms with Crippen molar-refractivity contribution in [1.82, 2.24) is 14.5 Å². The number of para-hydroxylation sites is 1. The number of hydrogen-bond donors (Lipinski definition) is 0. The molecule has 194 valence electrons. The smallest absolute Gasteiger partial charge is 0.197 e. The maximum Gasteiger partial charge on any atom is 0.197 e. The number of fused-ring (bicyclic) bond motifs is 11. The lowest BCUT2D eigenvalue weighted by Crippen LogP contribution is -2.23. The van der Waals surface area contributed by atoms with Crippen molar-refractivity contribution in [2.24, 2.45) is 11.8 Å².